The lowest BCUT2D eigenvalue weighted by atomic mass is 9.84. The van der Waals surface area contributed by atoms with Crippen molar-refractivity contribution in [3.05, 3.63) is 28.2 Å². The van der Waals surface area contributed by atoms with Crippen molar-refractivity contribution in [1.82, 2.24) is 9.21 Å². The van der Waals surface area contributed by atoms with Gasteiger partial charge in [0.05, 0.1) is 4.90 Å². The normalized spacial score (nSPS) is 20.3. The van der Waals surface area contributed by atoms with E-state index in [9.17, 15) is 13.2 Å². The Balaban J connectivity index is 1.68. The minimum absolute atomic E-state index is 0.173. The zero-order valence-electron chi connectivity index (χ0n) is 13.2. The molecule has 0 spiro atoms. The van der Waals surface area contributed by atoms with E-state index in [1.54, 1.807) is 18.2 Å². The molecule has 2 aliphatic rings. The van der Waals surface area contributed by atoms with Crippen LogP contribution in [-0.4, -0.2) is 49.7 Å². The third-order valence-electron chi connectivity index (χ3n) is 4.77. The van der Waals surface area contributed by atoms with Crippen LogP contribution in [-0.2, 0) is 14.8 Å². The Bertz CT molecular complexity index is 708. The summed E-state index contributed by atoms with van der Waals surface area (Å²) in [7, 11) is -3.49. The van der Waals surface area contributed by atoms with Crippen LogP contribution in [0.15, 0.2) is 27.6 Å². The third-order valence-corrected chi connectivity index (χ3v) is 7.56. The summed E-state index contributed by atoms with van der Waals surface area (Å²) in [5.41, 5.74) is 0.893. The highest BCUT2D eigenvalue weighted by Gasteiger charge is 2.34. The summed E-state index contributed by atoms with van der Waals surface area (Å²) < 4.78 is 27.9. The Morgan fingerprint density at radius 1 is 1.17 bits per heavy atom. The first kappa shape index (κ1) is 16.9. The summed E-state index contributed by atoms with van der Waals surface area (Å²) in [4.78, 5) is 14.4. The fraction of sp³-hybridized carbons (Fsp3) is 0.562. The molecule has 1 saturated carbocycles. The first-order valence-electron chi connectivity index (χ1n) is 7.94. The maximum atomic E-state index is 12.7. The SMILES string of the molecule is Cc1cc(S(=O)(=O)N2CCN(C(=O)C3CCC3)CC2)ccc1Br. The Kier molecular flexibility index (Phi) is 4.80. The van der Waals surface area contributed by atoms with Crippen LogP contribution in [0.2, 0.25) is 0 Å². The summed E-state index contributed by atoms with van der Waals surface area (Å²) in [6.45, 7) is 3.60. The molecule has 1 amide bonds. The molecule has 23 heavy (non-hydrogen) atoms. The molecule has 126 valence electrons. The highest BCUT2D eigenvalue weighted by Crippen LogP contribution is 2.29. The van der Waals surface area contributed by atoms with Gasteiger partial charge in [-0.15, -0.1) is 0 Å². The number of hydrogen-bond acceptors (Lipinski definition) is 3. The number of carbonyl (C=O) groups is 1. The molecule has 0 atom stereocenters. The number of carbonyl (C=O) groups excluding carboxylic acids is 1. The summed E-state index contributed by atoms with van der Waals surface area (Å²) >= 11 is 3.39. The number of hydrogen-bond donors (Lipinski definition) is 0. The molecule has 0 N–H and O–H groups in total. The minimum Gasteiger partial charge on any atom is -0.340 e. The van der Waals surface area contributed by atoms with Gasteiger partial charge in [0.1, 0.15) is 0 Å². The summed E-state index contributed by atoms with van der Waals surface area (Å²) in [5, 5.41) is 0. The average Bonchev–Trinajstić information content (AvgIpc) is 2.48. The van der Waals surface area contributed by atoms with Gasteiger partial charge in [0.2, 0.25) is 15.9 Å². The van der Waals surface area contributed by atoms with Gasteiger partial charge in [-0.2, -0.15) is 4.31 Å². The van der Waals surface area contributed by atoms with Gasteiger partial charge in [-0.3, -0.25) is 4.79 Å². The Morgan fingerprint density at radius 2 is 1.83 bits per heavy atom. The van der Waals surface area contributed by atoms with E-state index in [4.69, 9.17) is 0 Å². The molecule has 1 aliphatic carbocycles. The molecule has 0 unspecified atom stereocenters. The van der Waals surface area contributed by atoms with Crippen LogP contribution in [0, 0.1) is 12.8 Å². The topological polar surface area (TPSA) is 57.7 Å². The van der Waals surface area contributed by atoms with Gasteiger partial charge >= 0.3 is 0 Å². The Morgan fingerprint density at radius 3 is 2.35 bits per heavy atom. The van der Waals surface area contributed by atoms with Gasteiger partial charge in [0.15, 0.2) is 0 Å². The molecule has 0 radical (unpaired) electrons. The Hall–Kier alpha value is -0.920. The van der Waals surface area contributed by atoms with Gasteiger partial charge in [-0.05, 0) is 43.5 Å². The number of sulfonamides is 1. The highest BCUT2D eigenvalue weighted by molar-refractivity contribution is 9.10. The first-order valence-corrected chi connectivity index (χ1v) is 10.2. The summed E-state index contributed by atoms with van der Waals surface area (Å²) in [6.07, 6.45) is 3.10. The fourth-order valence-electron chi connectivity index (χ4n) is 2.99. The van der Waals surface area contributed by atoms with E-state index in [1.807, 2.05) is 11.8 Å². The minimum atomic E-state index is -3.49. The lowest BCUT2D eigenvalue weighted by Gasteiger charge is -2.37. The van der Waals surface area contributed by atoms with Crippen molar-refractivity contribution >= 4 is 31.9 Å². The van der Waals surface area contributed by atoms with Crippen LogP contribution in [0.5, 0.6) is 0 Å². The smallest absolute Gasteiger partial charge is 0.243 e. The van der Waals surface area contributed by atoms with Crippen molar-refractivity contribution in [3.63, 3.8) is 0 Å². The van der Waals surface area contributed by atoms with Crippen LogP contribution >= 0.6 is 15.9 Å². The fourth-order valence-corrected chi connectivity index (χ4v) is 4.74. The molecule has 5 nitrogen and oxygen atoms in total. The number of aryl methyl sites for hydroxylation is 1. The number of rotatable bonds is 3. The molecule has 3 rings (SSSR count). The highest BCUT2D eigenvalue weighted by atomic mass is 79.9. The van der Waals surface area contributed by atoms with Gasteiger partial charge < -0.3 is 4.90 Å². The van der Waals surface area contributed by atoms with Crippen molar-refractivity contribution in [2.45, 2.75) is 31.1 Å². The molecular formula is C16H21BrN2O3S. The number of amides is 1. The van der Waals surface area contributed by atoms with Gasteiger partial charge in [-0.1, -0.05) is 22.4 Å². The van der Waals surface area contributed by atoms with Crippen molar-refractivity contribution in [2.24, 2.45) is 5.92 Å². The van der Waals surface area contributed by atoms with Crippen molar-refractivity contribution in [2.75, 3.05) is 26.2 Å². The quantitative estimate of drug-likeness (QED) is 0.782. The average molecular weight is 401 g/mol. The van der Waals surface area contributed by atoms with E-state index < -0.39 is 10.0 Å². The molecule has 0 aromatic heterocycles. The maximum absolute atomic E-state index is 12.7. The predicted octanol–water partition coefficient (Wildman–Crippen LogP) is 2.39. The van der Waals surface area contributed by atoms with Crippen LogP contribution in [0.1, 0.15) is 24.8 Å². The molecule has 1 aromatic rings. The van der Waals surface area contributed by atoms with Gasteiger partial charge in [0.25, 0.3) is 0 Å². The number of halogens is 1. The van der Waals surface area contributed by atoms with Crippen LogP contribution in [0.4, 0.5) is 0 Å². The number of piperazine rings is 1. The van der Waals surface area contributed by atoms with E-state index in [1.165, 1.54) is 4.31 Å². The van der Waals surface area contributed by atoms with Crippen molar-refractivity contribution in [3.8, 4) is 0 Å². The molecular weight excluding hydrogens is 380 g/mol. The van der Waals surface area contributed by atoms with E-state index in [-0.39, 0.29) is 11.8 Å². The number of benzene rings is 1. The van der Waals surface area contributed by atoms with Crippen molar-refractivity contribution in [1.29, 1.82) is 0 Å². The molecule has 2 fully saturated rings. The lowest BCUT2D eigenvalue weighted by molar-refractivity contribution is -0.139. The van der Waals surface area contributed by atoms with Gasteiger partial charge in [-0.25, -0.2) is 8.42 Å². The second kappa shape index (κ2) is 6.53. The van der Waals surface area contributed by atoms with E-state index in [0.717, 1.165) is 29.3 Å². The lowest BCUT2D eigenvalue weighted by Crippen LogP contribution is -2.52. The zero-order valence-corrected chi connectivity index (χ0v) is 15.6. The molecule has 7 heteroatoms. The predicted molar refractivity (Wildman–Crippen MR) is 91.6 cm³/mol. The van der Waals surface area contributed by atoms with Crippen LogP contribution in [0.3, 0.4) is 0 Å². The molecule has 1 saturated heterocycles. The maximum Gasteiger partial charge on any atom is 0.243 e. The molecule has 1 aliphatic heterocycles. The monoisotopic (exact) mass is 400 g/mol. The van der Waals surface area contributed by atoms with Crippen LogP contribution in [0.25, 0.3) is 0 Å². The second-order valence-corrected chi connectivity index (χ2v) is 9.06. The summed E-state index contributed by atoms with van der Waals surface area (Å²) in [6, 6.07) is 5.07. The Labute approximate surface area is 145 Å². The van der Waals surface area contributed by atoms with E-state index >= 15 is 0 Å². The zero-order chi connectivity index (χ0) is 16.6. The van der Waals surface area contributed by atoms with E-state index in [0.29, 0.717) is 31.1 Å². The molecule has 1 aromatic carbocycles. The van der Waals surface area contributed by atoms with Crippen molar-refractivity contribution < 1.29 is 13.2 Å². The number of nitrogens with zero attached hydrogens (tertiary/aromatic N) is 2. The second-order valence-electron chi connectivity index (χ2n) is 6.27. The standard InChI is InChI=1S/C16H21BrN2O3S/c1-12-11-14(5-6-15(12)17)23(21,22)19-9-7-18(8-10-19)16(20)13-3-2-4-13/h5-6,11,13H,2-4,7-10H2,1H3. The molecule has 0 bridgehead atoms. The summed E-state index contributed by atoms with van der Waals surface area (Å²) in [5.74, 6) is 0.375. The first-order chi connectivity index (χ1) is 10.9. The van der Waals surface area contributed by atoms with E-state index in [2.05, 4.69) is 15.9 Å². The third kappa shape index (κ3) is 3.32. The van der Waals surface area contributed by atoms with Crippen LogP contribution < -0.4 is 0 Å². The van der Waals surface area contributed by atoms with Gasteiger partial charge in [0, 0.05) is 36.6 Å². The molecule has 1 heterocycles. The largest absolute Gasteiger partial charge is 0.340 e.